The normalized spacial score (nSPS) is 10.8. The number of aromatic hydroxyl groups is 1. The average Bonchev–Trinajstić information content (AvgIpc) is 2.78. The number of carboxylic acids is 1. The number of rotatable bonds is 2. The fourth-order valence-electron chi connectivity index (χ4n) is 2.06. The molecule has 0 saturated carbocycles. The Morgan fingerprint density at radius 2 is 1.95 bits per heavy atom. The average molecular weight is 289 g/mol. The molecule has 0 bridgehead atoms. The molecule has 2 aromatic heterocycles. The van der Waals surface area contributed by atoms with E-state index in [2.05, 4.69) is 4.98 Å². The Kier molecular flexibility index (Phi) is 2.84. The van der Waals surface area contributed by atoms with E-state index in [0.29, 0.717) is 21.9 Å². The van der Waals surface area contributed by atoms with E-state index in [-0.39, 0.29) is 11.4 Å². The summed E-state index contributed by atoms with van der Waals surface area (Å²) in [6.45, 7) is 0. The maximum absolute atomic E-state index is 11.3. The van der Waals surface area contributed by atoms with Crippen LogP contribution in [0.1, 0.15) is 10.5 Å². The number of fused-ring (bicyclic) bond motifs is 1. The lowest BCUT2D eigenvalue weighted by Crippen LogP contribution is -1.97. The Hall–Kier alpha value is -2.53. The van der Waals surface area contributed by atoms with E-state index in [0.717, 1.165) is 0 Å². The van der Waals surface area contributed by atoms with E-state index in [1.54, 1.807) is 24.3 Å². The highest BCUT2D eigenvalue weighted by molar-refractivity contribution is 6.33. The number of aromatic carboxylic acids is 1. The second-order valence-corrected chi connectivity index (χ2v) is 4.62. The molecule has 2 N–H and O–H groups in total. The van der Waals surface area contributed by atoms with Gasteiger partial charge in [-0.1, -0.05) is 23.7 Å². The minimum absolute atomic E-state index is 0.0140. The summed E-state index contributed by atoms with van der Waals surface area (Å²) in [5.74, 6) is -0.745. The third kappa shape index (κ3) is 1.88. The van der Waals surface area contributed by atoms with Gasteiger partial charge < -0.3 is 10.2 Å². The summed E-state index contributed by atoms with van der Waals surface area (Å²) in [4.78, 5) is 15.4. The molecule has 100 valence electrons. The topological polar surface area (TPSA) is 74.8 Å². The second kappa shape index (κ2) is 4.54. The number of hydrogen-bond donors (Lipinski definition) is 2. The number of hydrogen-bond acceptors (Lipinski definition) is 3. The Morgan fingerprint density at radius 1 is 1.20 bits per heavy atom. The summed E-state index contributed by atoms with van der Waals surface area (Å²) in [6.07, 6.45) is 1.41. The van der Waals surface area contributed by atoms with Crippen molar-refractivity contribution in [1.29, 1.82) is 0 Å². The van der Waals surface area contributed by atoms with Crippen LogP contribution in [0.3, 0.4) is 0 Å². The van der Waals surface area contributed by atoms with Crippen LogP contribution in [0, 0.1) is 0 Å². The van der Waals surface area contributed by atoms with Crippen LogP contribution >= 0.6 is 11.6 Å². The molecule has 0 atom stereocenters. The van der Waals surface area contributed by atoms with Gasteiger partial charge in [0.1, 0.15) is 11.6 Å². The SMILES string of the molecule is O=C(O)c1nc(-c2ccccc2Cl)n2cc(O)ccc12. The minimum Gasteiger partial charge on any atom is -0.506 e. The van der Waals surface area contributed by atoms with Gasteiger partial charge in [-0.3, -0.25) is 4.40 Å². The highest BCUT2D eigenvalue weighted by Crippen LogP contribution is 2.29. The molecule has 3 rings (SSSR count). The molecule has 5 nitrogen and oxygen atoms in total. The van der Waals surface area contributed by atoms with Crippen molar-refractivity contribution in [1.82, 2.24) is 9.38 Å². The first-order valence-corrected chi connectivity index (χ1v) is 6.15. The van der Waals surface area contributed by atoms with Gasteiger partial charge in [0, 0.05) is 5.56 Å². The van der Waals surface area contributed by atoms with E-state index in [1.807, 2.05) is 0 Å². The molecule has 20 heavy (non-hydrogen) atoms. The van der Waals surface area contributed by atoms with Gasteiger partial charge in [-0.05, 0) is 24.3 Å². The Morgan fingerprint density at radius 3 is 2.65 bits per heavy atom. The summed E-state index contributed by atoms with van der Waals surface area (Å²) in [5.41, 5.74) is 0.910. The molecule has 0 aliphatic carbocycles. The lowest BCUT2D eigenvalue weighted by atomic mass is 10.2. The van der Waals surface area contributed by atoms with Gasteiger partial charge in [-0.15, -0.1) is 0 Å². The largest absolute Gasteiger partial charge is 0.506 e. The number of carboxylic acid groups (broad SMARTS) is 1. The first-order chi connectivity index (χ1) is 9.58. The highest BCUT2D eigenvalue weighted by Gasteiger charge is 2.19. The van der Waals surface area contributed by atoms with Crippen molar-refractivity contribution in [2.75, 3.05) is 0 Å². The van der Waals surface area contributed by atoms with Crippen LogP contribution in [-0.4, -0.2) is 25.6 Å². The van der Waals surface area contributed by atoms with Crippen LogP contribution < -0.4 is 0 Å². The van der Waals surface area contributed by atoms with Crippen molar-refractivity contribution in [3.8, 4) is 17.1 Å². The number of halogens is 1. The monoisotopic (exact) mass is 288 g/mol. The molecule has 0 amide bonds. The zero-order chi connectivity index (χ0) is 14.3. The van der Waals surface area contributed by atoms with Crippen molar-refractivity contribution in [2.24, 2.45) is 0 Å². The molecule has 0 fully saturated rings. The molecule has 0 saturated heterocycles. The molecule has 0 spiro atoms. The smallest absolute Gasteiger partial charge is 0.356 e. The number of pyridine rings is 1. The lowest BCUT2D eigenvalue weighted by Gasteiger charge is -2.03. The molecule has 2 heterocycles. The maximum Gasteiger partial charge on any atom is 0.356 e. The van der Waals surface area contributed by atoms with E-state index < -0.39 is 5.97 Å². The van der Waals surface area contributed by atoms with Gasteiger partial charge in [-0.25, -0.2) is 9.78 Å². The van der Waals surface area contributed by atoms with E-state index in [9.17, 15) is 15.0 Å². The summed E-state index contributed by atoms with van der Waals surface area (Å²) in [7, 11) is 0. The summed E-state index contributed by atoms with van der Waals surface area (Å²) < 4.78 is 1.51. The zero-order valence-electron chi connectivity index (χ0n) is 10.1. The Bertz CT molecular complexity index is 826. The third-order valence-electron chi connectivity index (χ3n) is 2.94. The van der Waals surface area contributed by atoms with Gasteiger partial charge in [0.05, 0.1) is 16.7 Å². The number of aromatic nitrogens is 2. The minimum atomic E-state index is -1.13. The first kappa shape index (κ1) is 12.5. The molecule has 0 unspecified atom stereocenters. The standard InChI is InChI=1S/C14H9ClN2O3/c15-10-4-2-1-3-9(10)13-16-12(14(19)20)11-6-5-8(18)7-17(11)13/h1-7,18H,(H,19,20). The van der Waals surface area contributed by atoms with Gasteiger partial charge in [0.25, 0.3) is 0 Å². The van der Waals surface area contributed by atoms with Crippen molar-refractivity contribution < 1.29 is 15.0 Å². The van der Waals surface area contributed by atoms with Crippen LogP contribution in [0.25, 0.3) is 16.9 Å². The van der Waals surface area contributed by atoms with Crippen LogP contribution in [0.4, 0.5) is 0 Å². The van der Waals surface area contributed by atoms with Crippen molar-refractivity contribution in [2.45, 2.75) is 0 Å². The molecule has 1 aromatic carbocycles. The van der Waals surface area contributed by atoms with Crippen LogP contribution in [-0.2, 0) is 0 Å². The third-order valence-corrected chi connectivity index (χ3v) is 3.27. The van der Waals surface area contributed by atoms with Gasteiger partial charge >= 0.3 is 5.97 Å². The number of carbonyl (C=O) groups is 1. The quantitative estimate of drug-likeness (QED) is 0.760. The zero-order valence-corrected chi connectivity index (χ0v) is 10.9. The fourth-order valence-corrected chi connectivity index (χ4v) is 2.28. The van der Waals surface area contributed by atoms with E-state index in [1.165, 1.54) is 22.7 Å². The highest BCUT2D eigenvalue weighted by atomic mass is 35.5. The van der Waals surface area contributed by atoms with Crippen molar-refractivity contribution in [3.63, 3.8) is 0 Å². The lowest BCUT2D eigenvalue weighted by molar-refractivity contribution is 0.0693. The molecular formula is C14H9ClN2O3. The number of nitrogens with zero attached hydrogens (tertiary/aromatic N) is 2. The molecule has 6 heteroatoms. The number of benzene rings is 1. The van der Waals surface area contributed by atoms with Gasteiger partial charge in [0.2, 0.25) is 0 Å². The van der Waals surface area contributed by atoms with Crippen LogP contribution in [0.2, 0.25) is 5.02 Å². The van der Waals surface area contributed by atoms with Crippen molar-refractivity contribution >= 4 is 23.1 Å². The summed E-state index contributed by atoms with van der Waals surface area (Å²) >= 11 is 6.12. The molecular weight excluding hydrogens is 280 g/mol. The Balaban J connectivity index is 2.39. The van der Waals surface area contributed by atoms with Crippen molar-refractivity contribution in [3.05, 3.63) is 53.3 Å². The molecule has 0 aliphatic heterocycles. The molecule has 3 aromatic rings. The first-order valence-electron chi connectivity index (χ1n) is 5.77. The van der Waals surface area contributed by atoms with Gasteiger partial charge in [0.15, 0.2) is 5.69 Å². The number of imidazole rings is 1. The summed E-state index contributed by atoms with van der Waals surface area (Å²) in [5, 5.41) is 19.3. The van der Waals surface area contributed by atoms with E-state index >= 15 is 0 Å². The molecule has 0 aliphatic rings. The fraction of sp³-hybridized carbons (Fsp3) is 0. The Labute approximate surface area is 118 Å². The maximum atomic E-state index is 11.3. The predicted octanol–water partition coefficient (Wildman–Crippen LogP) is 3.06. The van der Waals surface area contributed by atoms with E-state index in [4.69, 9.17) is 11.6 Å². The van der Waals surface area contributed by atoms with Crippen LogP contribution in [0.15, 0.2) is 42.6 Å². The predicted molar refractivity (Wildman–Crippen MR) is 74.3 cm³/mol. The molecule has 0 radical (unpaired) electrons. The second-order valence-electron chi connectivity index (χ2n) is 4.21. The van der Waals surface area contributed by atoms with Gasteiger partial charge in [-0.2, -0.15) is 0 Å². The van der Waals surface area contributed by atoms with Crippen LogP contribution in [0.5, 0.6) is 5.75 Å². The summed E-state index contributed by atoms with van der Waals surface area (Å²) in [6, 6.07) is 9.92.